The summed E-state index contributed by atoms with van der Waals surface area (Å²) in [4.78, 5) is 0. The van der Waals surface area contributed by atoms with Crippen molar-refractivity contribution in [3.05, 3.63) is 12.2 Å². The van der Waals surface area contributed by atoms with Gasteiger partial charge in [-0.2, -0.15) is 0 Å². The number of hydrogen-bond donors (Lipinski definition) is 0. The third-order valence-corrected chi connectivity index (χ3v) is 1.82. The summed E-state index contributed by atoms with van der Waals surface area (Å²) in [6.07, 6.45) is 12.1. The summed E-state index contributed by atoms with van der Waals surface area (Å²) in [6, 6.07) is 0. The number of rotatable bonds is 6. The van der Waals surface area contributed by atoms with Gasteiger partial charge in [-0.25, -0.2) is 0 Å². The minimum Gasteiger partial charge on any atom is -0.102 e. The third kappa shape index (κ3) is 9.30. The molecule has 0 bridgehead atoms. The van der Waals surface area contributed by atoms with Crippen LogP contribution in [0.2, 0.25) is 0 Å². The molecule has 0 atom stereocenters. The standard InChI is InChI=1S/C12H20/c1-3-5-7-9-11-12-10-8-6-4-2/h8,10H,3,5,7,9,11-12H2,1-2H3/b10-8+. The molecule has 0 heterocycles. The number of allylic oxidation sites excluding steroid dienone is 2. The molecule has 12 heavy (non-hydrogen) atoms. The fourth-order valence-electron chi connectivity index (χ4n) is 1.09. The Balaban J connectivity index is 3.03. The fraction of sp³-hybridized carbons (Fsp3) is 0.667. The van der Waals surface area contributed by atoms with Crippen molar-refractivity contribution < 1.29 is 0 Å². The number of hydrogen-bond acceptors (Lipinski definition) is 0. The van der Waals surface area contributed by atoms with Gasteiger partial charge in [0.05, 0.1) is 0 Å². The Morgan fingerprint density at radius 3 is 2.50 bits per heavy atom. The second-order valence-electron chi connectivity index (χ2n) is 3.00. The highest BCUT2D eigenvalue weighted by Gasteiger charge is 1.85. The Labute approximate surface area is 77.1 Å². The Hall–Kier alpha value is -0.700. The molecule has 0 radical (unpaired) electrons. The SMILES string of the molecule is CC#C/C=C/CCCCCCC. The van der Waals surface area contributed by atoms with Gasteiger partial charge in [0.1, 0.15) is 0 Å². The first-order valence-corrected chi connectivity index (χ1v) is 4.99. The van der Waals surface area contributed by atoms with Crippen LogP contribution >= 0.6 is 0 Å². The van der Waals surface area contributed by atoms with E-state index in [-0.39, 0.29) is 0 Å². The predicted molar refractivity (Wildman–Crippen MR) is 56.0 cm³/mol. The van der Waals surface area contributed by atoms with E-state index in [0.29, 0.717) is 0 Å². The first kappa shape index (κ1) is 11.3. The molecule has 0 saturated carbocycles. The van der Waals surface area contributed by atoms with Gasteiger partial charge in [-0.15, -0.1) is 5.92 Å². The van der Waals surface area contributed by atoms with E-state index in [1.54, 1.807) is 0 Å². The van der Waals surface area contributed by atoms with Crippen molar-refractivity contribution in [2.24, 2.45) is 0 Å². The van der Waals surface area contributed by atoms with Crippen LogP contribution in [0.3, 0.4) is 0 Å². The van der Waals surface area contributed by atoms with Crippen LogP contribution < -0.4 is 0 Å². The highest BCUT2D eigenvalue weighted by Crippen LogP contribution is 2.04. The van der Waals surface area contributed by atoms with Gasteiger partial charge in [-0.05, 0) is 25.8 Å². The molecule has 0 heteroatoms. The molecule has 0 aliphatic heterocycles. The van der Waals surface area contributed by atoms with Crippen LogP contribution in [0.25, 0.3) is 0 Å². The van der Waals surface area contributed by atoms with Gasteiger partial charge in [0.15, 0.2) is 0 Å². The Bertz CT molecular complexity index is 155. The zero-order valence-electron chi connectivity index (χ0n) is 8.40. The molecule has 0 aromatic rings. The summed E-state index contributed by atoms with van der Waals surface area (Å²) >= 11 is 0. The van der Waals surface area contributed by atoms with Crippen molar-refractivity contribution >= 4 is 0 Å². The minimum atomic E-state index is 1.19. The van der Waals surface area contributed by atoms with Gasteiger partial charge in [0.2, 0.25) is 0 Å². The molecule has 0 saturated heterocycles. The van der Waals surface area contributed by atoms with E-state index in [2.05, 4.69) is 24.8 Å². The van der Waals surface area contributed by atoms with Gasteiger partial charge < -0.3 is 0 Å². The van der Waals surface area contributed by atoms with Crippen molar-refractivity contribution in [3.63, 3.8) is 0 Å². The summed E-state index contributed by atoms with van der Waals surface area (Å²) in [6.45, 7) is 4.11. The molecule has 0 aromatic heterocycles. The summed E-state index contributed by atoms with van der Waals surface area (Å²) in [5, 5.41) is 0. The highest BCUT2D eigenvalue weighted by atomic mass is 13.9. The maximum absolute atomic E-state index is 2.92. The molecular formula is C12H20. The average Bonchev–Trinajstić information content (AvgIpc) is 2.10. The molecule has 68 valence electrons. The van der Waals surface area contributed by atoms with Gasteiger partial charge in [-0.1, -0.05) is 44.6 Å². The molecule has 0 amide bonds. The van der Waals surface area contributed by atoms with Crippen LogP contribution in [-0.2, 0) is 0 Å². The smallest absolute Gasteiger partial charge is 0.00235 e. The molecule has 0 unspecified atom stereocenters. The molecule has 0 spiro atoms. The first-order valence-electron chi connectivity index (χ1n) is 4.99. The molecule has 0 aromatic carbocycles. The Kier molecular flexibility index (Phi) is 9.70. The van der Waals surface area contributed by atoms with E-state index < -0.39 is 0 Å². The molecule has 0 fully saturated rings. The van der Waals surface area contributed by atoms with E-state index in [9.17, 15) is 0 Å². The maximum atomic E-state index is 2.92. The van der Waals surface area contributed by atoms with E-state index in [1.807, 2.05) is 13.0 Å². The van der Waals surface area contributed by atoms with Crippen LogP contribution in [-0.4, -0.2) is 0 Å². The lowest BCUT2D eigenvalue weighted by Crippen LogP contribution is -1.75. The van der Waals surface area contributed by atoms with Crippen molar-refractivity contribution in [2.45, 2.75) is 52.4 Å². The molecule has 0 nitrogen and oxygen atoms in total. The van der Waals surface area contributed by atoms with Gasteiger partial charge in [0, 0.05) is 0 Å². The second kappa shape index (κ2) is 10.3. The van der Waals surface area contributed by atoms with Crippen molar-refractivity contribution in [2.75, 3.05) is 0 Å². The predicted octanol–water partition coefficient (Wildman–Crippen LogP) is 3.93. The van der Waals surface area contributed by atoms with E-state index in [0.717, 1.165) is 0 Å². The van der Waals surface area contributed by atoms with Gasteiger partial charge in [-0.3, -0.25) is 0 Å². The van der Waals surface area contributed by atoms with E-state index >= 15 is 0 Å². The monoisotopic (exact) mass is 164 g/mol. The molecule has 0 aliphatic rings. The van der Waals surface area contributed by atoms with Crippen molar-refractivity contribution in [1.82, 2.24) is 0 Å². The zero-order chi connectivity index (χ0) is 9.07. The van der Waals surface area contributed by atoms with E-state index in [1.165, 1.54) is 38.5 Å². The lowest BCUT2D eigenvalue weighted by atomic mass is 10.1. The lowest BCUT2D eigenvalue weighted by Gasteiger charge is -1.94. The fourth-order valence-corrected chi connectivity index (χ4v) is 1.09. The Morgan fingerprint density at radius 2 is 1.83 bits per heavy atom. The van der Waals surface area contributed by atoms with Crippen molar-refractivity contribution in [1.29, 1.82) is 0 Å². The second-order valence-corrected chi connectivity index (χ2v) is 3.00. The third-order valence-electron chi connectivity index (χ3n) is 1.82. The highest BCUT2D eigenvalue weighted by molar-refractivity contribution is 5.13. The van der Waals surface area contributed by atoms with E-state index in [4.69, 9.17) is 0 Å². The number of unbranched alkanes of at least 4 members (excludes halogenated alkanes) is 5. The molecule has 0 N–H and O–H groups in total. The van der Waals surface area contributed by atoms with Crippen LogP contribution in [0.5, 0.6) is 0 Å². The van der Waals surface area contributed by atoms with Crippen LogP contribution in [0.15, 0.2) is 12.2 Å². The summed E-state index contributed by atoms with van der Waals surface area (Å²) < 4.78 is 0. The van der Waals surface area contributed by atoms with Crippen LogP contribution in [0.4, 0.5) is 0 Å². The summed E-state index contributed by atoms with van der Waals surface area (Å²) in [5.74, 6) is 5.76. The van der Waals surface area contributed by atoms with Gasteiger partial charge >= 0.3 is 0 Å². The quantitative estimate of drug-likeness (QED) is 0.412. The summed E-state index contributed by atoms with van der Waals surface area (Å²) in [5.41, 5.74) is 0. The zero-order valence-corrected chi connectivity index (χ0v) is 8.40. The van der Waals surface area contributed by atoms with Crippen LogP contribution in [0, 0.1) is 11.8 Å². The first-order chi connectivity index (χ1) is 5.91. The topological polar surface area (TPSA) is 0 Å². The average molecular weight is 164 g/mol. The molecular weight excluding hydrogens is 144 g/mol. The summed E-state index contributed by atoms with van der Waals surface area (Å²) in [7, 11) is 0. The minimum absolute atomic E-state index is 1.19. The molecule has 0 aliphatic carbocycles. The van der Waals surface area contributed by atoms with Crippen LogP contribution in [0.1, 0.15) is 52.4 Å². The molecule has 0 rings (SSSR count). The largest absolute Gasteiger partial charge is 0.102 e. The van der Waals surface area contributed by atoms with Gasteiger partial charge in [0.25, 0.3) is 0 Å². The lowest BCUT2D eigenvalue weighted by molar-refractivity contribution is 0.637. The van der Waals surface area contributed by atoms with Crippen molar-refractivity contribution in [3.8, 4) is 11.8 Å². The maximum Gasteiger partial charge on any atom is -0.00235 e. The Morgan fingerprint density at radius 1 is 1.08 bits per heavy atom. The normalized spacial score (nSPS) is 9.83.